The molecule has 5 heteroatoms. The molecule has 2 bridgehead atoms. The molecule has 0 aromatic heterocycles. The highest BCUT2D eigenvalue weighted by atomic mass is 16.6. The SMILES string of the molecule is O=C(OCC1c2ccccc2-c2ccccc21)N1C2CCC1CC(O)(CCc1ccc3c(c1)CCO3)C2. The number of hydrogen-bond acceptors (Lipinski definition) is 4. The molecule has 3 aliphatic heterocycles. The molecular formula is C32H33NO4. The number of piperidine rings is 1. The number of rotatable bonds is 5. The average molecular weight is 496 g/mol. The van der Waals surface area contributed by atoms with Gasteiger partial charge < -0.3 is 19.5 Å². The molecule has 2 saturated heterocycles. The Kier molecular flexibility index (Phi) is 5.51. The van der Waals surface area contributed by atoms with Crippen molar-refractivity contribution in [3.8, 4) is 16.9 Å². The minimum absolute atomic E-state index is 0.0489. The third-order valence-corrected chi connectivity index (χ3v) is 9.03. The van der Waals surface area contributed by atoms with E-state index < -0.39 is 5.60 Å². The fourth-order valence-electron chi connectivity index (χ4n) is 7.27. The number of hydrogen-bond donors (Lipinski definition) is 1. The summed E-state index contributed by atoms with van der Waals surface area (Å²) in [6.07, 6.45) is 5.43. The zero-order valence-corrected chi connectivity index (χ0v) is 21.1. The van der Waals surface area contributed by atoms with E-state index in [0.717, 1.165) is 44.5 Å². The number of aliphatic hydroxyl groups is 1. The number of aryl methyl sites for hydroxylation is 1. The number of carbonyl (C=O) groups excluding carboxylic acids is 1. The van der Waals surface area contributed by atoms with Gasteiger partial charge in [0, 0.05) is 24.4 Å². The van der Waals surface area contributed by atoms with Gasteiger partial charge in [-0.05, 0) is 78.0 Å². The number of nitrogens with zero attached hydrogens (tertiary/aromatic N) is 1. The number of carbonyl (C=O) groups is 1. The average Bonchev–Trinajstić information content (AvgIpc) is 3.59. The van der Waals surface area contributed by atoms with Gasteiger partial charge in [-0.2, -0.15) is 0 Å². The van der Waals surface area contributed by atoms with Crippen LogP contribution in [0.3, 0.4) is 0 Å². The lowest BCUT2D eigenvalue weighted by molar-refractivity contribution is -0.0533. The van der Waals surface area contributed by atoms with E-state index in [1.807, 2.05) is 4.90 Å². The lowest BCUT2D eigenvalue weighted by Gasteiger charge is -2.43. The van der Waals surface area contributed by atoms with Crippen molar-refractivity contribution in [2.75, 3.05) is 13.2 Å². The van der Waals surface area contributed by atoms with Crippen LogP contribution in [-0.2, 0) is 17.6 Å². The largest absolute Gasteiger partial charge is 0.493 e. The van der Waals surface area contributed by atoms with E-state index in [-0.39, 0.29) is 24.1 Å². The molecule has 0 spiro atoms. The molecule has 2 atom stereocenters. The highest BCUT2D eigenvalue weighted by Crippen LogP contribution is 2.46. The minimum atomic E-state index is -0.735. The van der Waals surface area contributed by atoms with Gasteiger partial charge in [-0.25, -0.2) is 4.79 Å². The zero-order valence-electron chi connectivity index (χ0n) is 21.1. The number of amides is 1. The van der Waals surface area contributed by atoms with Gasteiger partial charge in [0.2, 0.25) is 0 Å². The van der Waals surface area contributed by atoms with Crippen LogP contribution in [0, 0.1) is 0 Å². The Morgan fingerprint density at radius 2 is 1.65 bits per heavy atom. The predicted octanol–water partition coefficient (Wildman–Crippen LogP) is 5.86. The molecule has 2 fully saturated rings. The molecular weight excluding hydrogens is 462 g/mol. The summed E-state index contributed by atoms with van der Waals surface area (Å²) in [5.74, 6) is 1.06. The van der Waals surface area contributed by atoms with Crippen LogP contribution in [0.2, 0.25) is 0 Å². The van der Waals surface area contributed by atoms with Crippen molar-refractivity contribution in [1.29, 1.82) is 0 Å². The number of fused-ring (bicyclic) bond motifs is 6. The van der Waals surface area contributed by atoms with Crippen molar-refractivity contribution in [2.24, 2.45) is 0 Å². The van der Waals surface area contributed by atoms with Crippen molar-refractivity contribution in [3.63, 3.8) is 0 Å². The summed E-state index contributed by atoms with van der Waals surface area (Å²) in [5, 5.41) is 11.5. The third kappa shape index (κ3) is 4.00. The predicted molar refractivity (Wildman–Crippen MR) is 142 cm³/mol. The Bertz CT molecular complexity index is 1290. The normalized spacial score (nSPS) is 25.4. The first kappa shape index (κ1) is 22.9. The maximum atomic E-state index is 13.3. The standard InChI is InChI=1S/C32H33NO4/c34-31(37-20-29-27-7-3-1-5-25(27)26-6-2-4-8-28(26)29)33-23-10-11-24(33)19-32(35,18-23)15-13-21-9-12-30-22(17-21)14-16-36-30/h1-9,12,17,23-24,29,35H,10-11,13-16,18-20H2. The van der Waals surface area contributed by atoms with Crippen molar-refractivity contribution < 1.29 is 19.4 Å². The van der Waals surface area contributed by atoms with Crippen molar-refractivity contribution in [1.82, 2.24) is 4.90 Å². The van der Waals surface area contributed by atoms with Gasteiger partial charge in [-0.3, -0.25) is 0 Å². The Morgan fingerprint density at radius 3 is 2.35 bits per heavy atom. The van der Waals surface area contributed by atoms with Crippen LogP contribution in [0.25, 0.3) is 11.1 Å². The molecule has 1 amide bonds. The highest BCUT2D eigenvalue weighted by molar-refractivity contribution is 5.79. The molecule has 1 N–H and O–H groups in total. The maximum absolute atomic E-state index is 13.3. The van der Waals surface area contributed by atoms with E-state index >= 15 is 0 Å². The molecule has 0 radical (unpaired) electrons. The Balaban J connectivity index is 1.00. The van der Waals surface area contributed by atoms with Crippen molar-refractivity contribution >= 4 is 6.09 Å². The van der Waals surface area contributed by atoms with E-state index in [4.69, 9.17) is 9.47 Å². The van der Waals surface area contributed by atoms with E-state index in [1.165, 1.54) is 33.4 Å². The first-order chi connectivity index (χ1) is 18.1. The summed E-state index contributed by atoms with van der Waals surface area (Å²) in [7, 11) is 0. The monoisotopic (exact) mass is 495 g/mol. The second-order valence-electron chi connectivity index (χ2n) is 11.3. The van der Waals surface area contributed by atoms with Gasteiger partial charge in [0.15, 0.2) is 0 Å². The minimum Gasteiger partial charge on any atom is -0.493 e. The van der Waals surface area contributed by atoms with Crippen LogP contribution in [0.1, 0.15) is 60.3 Å². The van der Waals surface area contributed by atoms with E-state index in [9.17, 15) is 9.90 Å². The Hall–Kier alpha value is -3.31. The number of ether oxygens (including phenoxy) is 2. The van der Waals surface area contributed by atoms with Gasteiger partial charge in [0.25, 0.3) is 0 Å². The molecule has 7 rings (SSSR count). The molecule has 3 heterocycles. The third-order valence-electron chi connectivity index (χ3n) is 9.03. The van der Waals surface area contributed by atoms with Gasteiger partial charge >= 0.3 is 6.09 Å². The van der Waals surface area contributed by atoms with Crippen molar-refractivity contribution in [3.05, 3.63) is 89.0 Å². The summed E-state index contributed by atoms with van der Waals surface area (Å²) in [6, 6.07) is 23.3. The van der Waals surface area contributed by atoms with Crippen LogP contribution < -0.4 is 4.74 Å². The maximum Gasteiger partial charge on any atom is 0.410 e. The fourth-order valence-corrected chi connectivity index (χ4v) is 7.27. The van der Waals surface area contributed by atoms with Crippen LogP contribution in [-0.4, -0.2) is 47.0 Å². The lowest BCUT2D eigenvalue weighted by atomic mass is 9.82. The second-order valence-corrected chi connectivity index (χ2v) is 11.3. The molecule has 190 valence electrons. The first-order valence-electron chi connectivity index (χ1n) is 13.7. The molecule has 5 nitrogen and oxygen atoms in total. The quantitative estimate of drug-likeness (QED) is 0.482. The first-order valence-corrected chi connectivity index (χ1v) is 13.7. The van der Waals surface area contributed by atoms with Gasteiger partial charge in [-0.15, -0.1) is 0 Å². The van der Waals surface area contributed by atoms with Crippen LogP contribution in [0.4, 0.5) is 4.79 Å². The molecule has 0 saturated carbocycles. The lowest BCUT2D eigenvalue weighted by Crippen LogP contribution is -2.53. The van der Waals surface area contributed by atoms with E-state index in [0.29, 0.717) is 19.4 Å². The molecule has 37 heavy (non-hydrogen) atoms. The Morgan fingerprint density at radius 1 is 0.973 bits per heavy atom. The molecule has 3 aromatic carbocycles. The Labute approximate surface area is 218 Å². The topological polar surface area (TPSA) is 59.0 Å². The molecule has 3 aromatic rings. The summed E-state index contributed by atoms with van der Waals surface area (Å²) < 4.78 is 11.6. The van der Waals surface area contributed by atoms with E-state index in [2.05, 4.69) is 66.7 Å². The van der Waals surface area contributed by atoms with Crippen LogP contribution in [0.5, 0.6) is 5.75 Å². The van der Waals surface area contributed by atoms with Gasteiger partial charge in [-0.1, -0.05) is 60.7 Å². The van der Waals surface area contributed by atoms with Gasteiger partial charge in [0.05, 0.1) is 12.2 Å². The summed E-state index contributed by atoms with van der Waals surface area (Å²) in [6.45, 7) is 1.10. The smallest absolute Gasteiger partial charge is 0.410 e. The fraction of sp³-hybridized carbons (Fsp3) is 0.406. The van der Waals surface area contributed by atoms with Crippen LogP contribution >= 0.6 is 0 Å². The zero-order chi connectivity index (χ0) is 25.0. The van der Waals surface area contributed by atoms with Crippen molar-refractivity contribution in [2.45, 2.75) is 68.5 Å². The molecule has 1 aliphatic carbocycles. The summed E-state index contributed by atoms with van der Waals surface area (Å²) >= 11 is 0. The second kappa shape index (κ2) is 8.91. The summed E-state index contributed by atoms with van der Waals surface area (Å²) in [4.78, 5) is 15.3. The summed E-state index contributed by atoms with van der Waals surface area (Å²) in [5.41, 5.74) is 6.72. The molecule has 2 unspecified atom stereocenters. The van der Waals surface area contributed by atoms with Crippen LogP contribution in [0.15, 0.2) is 66.7 Å². The highest BCUT2D eigenvalue weighted by Gasteiger charge is 2.49. The van der Waals surface area contributed by atoms with Gasteiger partial charge in [0.1, 0.15) is 12.4 Å². The van der Waals surface area contributed by atoms with E-state index in [1.54, 1.807) is 0 Å². The molecule has 4 aliphatic rings. The number of benzene rings is 3.